The third kappa shape index (κ3) is 9.28. The fourth-order valence-corrected chi connectivity index (χ4v) is 20.5. The molecule has 0 saturated carbocycles. The molecule has 0 aliphatic heterocycles. The molecule has 1 heterocycles. The van der Waals surface area contributed by atoms with Crippen molar-refractivity contribution in [2.24, 2.45) is 0 Å². The Labute approximate surface area is 640 Å². The average Bonchev–Trinajstić information content (AvgIpc) is 1.55. The van der Waals surface area contributed by atoms with Gasteiger partial charge < -0.3 is 4.42 Å². The molecule has 19 aromatic carbocycles. The van der Waals surface area contributed by atoms with Crippen LogP contribution in [0.5, 0.6) is 0 Å². The first-order valence-electron chi connectivity index (χ1n) is 38.9. The molecule has 0 amide bonds. The van der Waals surface area contributed by atoms with Gasteiger partial charge in [0.25, 0.3) is 0 Å². The summed E-state index contributed by atoms with van der Waals surface area (Å²) in [5, 5.41) is 20.2. The Bertz CT molecular complexity index is 7220. The van der Waals surface area contributed by atoms with Gasteiger partial charge in [-0.15, -0.1) is 0 Å². The van der Waals surface area contributed by atoms with Gasteiger partial charge in [-0.2, -0.15) is 0 Å². The zero-order chi connectivity index (χ0) is 73.5. The highest BCUT2D eigenvalue weighted by Gasteiger charge is 2.41. The molecule has 0 N–H and O–H groups in total. The van der Waals surface area contributed by atoms with E-state index < -0.39 is 0 Å². The molecule has 1 heteroatoms. The third-order valence-electron chi connectivity index (χ3n) is 25.5. The Hall–Kier alpha value is -13.2. The smallest absolute Gasteiger partial charge is 0.136 e. The Kier molecular flexibility index (Phi) is 13.9. The maximum Gasteiger partial charge on any atom is 0.136 e. The second kappa shape index (κ2) is 23.9. The standard InChI is InChI=1S/C55H36O.C54H40/c1-55(2)47-29-26-33-12-3-5-14-38(33)52(47)45-21-11-20-40(54(45)55)35-22-24-36(25-23-35)50-41-16-7-9-18-43(41)51(44-19-10-8-17-42(44)50)37-28-30-48-46(32-37)53-39-15-6-4-13-34(39)27-31-49(53)56-48;1-53(2)46-23-12-11-16-39(46)40-30-28-36(32-48(40)53)50-43-19-9-7-17-41(43)49(42-18-8-10-20-44(42)50)35-26-24-34(25-27-35)38-21-13-22-45-51-37-15-6-5-14-33(37)29-31-47(51)54(3,4)52(38)45/h3-32H,1-2H3;5-32H,1-4H3. The Morgan fingerprint density at radius 3 is 0.982 bits per heavy atom. The number of rotatable bonds is 6. The summed E-state index contributed by atoms with van der Waals surface area (Å²) in [5.41, 5.74) is 33.4. The normalized spacial score (nSPS) is 13.9. The summed E-state index contributed by atoms with van der Waals surface area (Å²) in [6.07, 6.45) is 0. The predicted molar refractivity (Wildman–Crippen MR) is 468 cm³/mol. The van der Waals surface area contributed by atoms with Crippen LogP contribution in [0.1, 0.15) is 74.9 Å². The highest BCUT2D eigenvalue weighted by molar-refractivity contribution is 6.25. The first-order valence-corrected chi connectivity index (χ1v) is 38.9. The van der Waals surface area contributed by atoms with E-state index in [0.29, 0.717) is 0 Å². The predicted octanol–water partition coefficient (Wildman–Crippen LogP) is 30.3. The van der Waals surface area contributed by atoms with Crippen molar-refractivity contribution in [3.05, 3.63) is 385 Å². The zero-order valence-corrected chi connectivity index (χ0v) is 62.4. The van der Waals surface area contributed by atoms with Crippen molar-refractivity contribution in [3.8, 4) is 100 Å². The van der Waals surface area contributed by atoms with Crippen molar-refractivity contribution in [2.75, 3.05) is 0 Å². The molecule has 0 saturated heterocycles. The van der Waals surface area contributed by atoms with Crippen LogP contribution in [-0.2, 0) is 16.2 Å². The fourth-order valence-electron chi connectivity index (χ4n) is 20.5. The molecular formula is C109H76O. The van der Waals surface area contributed by atoms with Gasteiger partial charge in [-0.3, -0.25) is 0 Å². The number of hydrogen-bond acceptors (Lipinski definition) is 1. The quantitative estimate of drug-likeness (QED) is 0.151. The van der Waals surface area contributed by atoms with E-state index >= 15 is 0 Å². The molecule has 3 aliphatic rings. The summed E-state index contributed by atoms with van der Waals surface area (Å²) in [4.78, 5) is 0. The summed E-state index contributed by atoms with van der Waals surface area (Å²) in [7, 11) is 0. The third-order valence-corrected chi connectivity index (χ3v) is 25.5. The van der Waals surface area contributed by atoms with Gasteiger partial charge in [-0.25, -0.2) is 0 Å². The van der Waals surface area contributed by atoms with Crippen LogP contribution in [0.2, 0.25) is 0 Å². The van der Waals surface area contributed by atoms with Gasteiger partial charge in [0.1, 0.15) is 11.2 Å². The molecule has 1 nitrogen and oxygen atoms in total. The van der Waals surface area contributed by atoms with E-state index in [9.17, 15) is 0 Å². The lowest BCUT2D eigenvalue weighted by Crippen LogP contribution is -2.16. The van der Waals surface area contributed by atoms with Crippen molar-refractivity contribution < 1.29 is 4.42 Å². The van der Waals surface area contributed by atoms with Crippen LogP contribution in [0, 0.1) is 0 Å². The largest absolute Gasteiger partial charge is 0.456 e. The van der Waals surface area contributed by atoms with E-state index in [1.165, 1.54) is 214 Å². The first-order chi connectivity index (χ1) is 53.9. The molecule has 518 valence electrons. The van der Waals surface area contributed by atoms with E-state index in [-0.39, 0.29) is 16.2 Å². The summed E-state index contributed by atoms with van der Waals surface area (Å²) < 4.78 is 6.41. The van der Waals surface area contributed by atoms with Crippen LogP contribution in [-0.4, -0.2) is 0 Å². The minimum atomic E-state index is -0.120. The lowest BCUT2D eigenvalue weighted by Gasteiger charge is -2.25. The molecule has 0 unspecified atom stereocenters. The zero-order valence-electron chi connectivity index (χ0n) is 62.4. The van der Waals surface area contributed by atoms with Gasteiger partial charge in [-0.05, 0) is 233 Å². The topological polar surface area (TPSA) is 13.1 Å². The molecule has 0 atom stereocenters. The molecule has 110 heavy (non-hydrogen) atoms. The van der Waals surface area contributed by atoms with Crippen LogP contribution in [0.3, 0.4) is 0 Å². The highest BCUT2D eigenvalue weighted by atomic mass is 16.3. The van der Waals surface area contributed by atoms with Crippen molar-refractivity contribution in [1.82, 2.24) is 0 Å². The maximum absolute atomic E-state index is 6.41. The molecular weight excluding hydrogens is 1330 g/mol. The molecule has 20 aromatic rings. The summed E-state index contributed by atoms with van der Waals surface area (Å²) in [6.45, 7) is 14.3. The molecule has 0 fully saturated rings. The van der Waals surface area contributed by atoms with E-state index in [1.807, 2.05) is 0 Å². The van der Waals surface area contributed by atoms with Gasteiger partial charge in [0, 0.05) is 27.0 Å². The van der Waals surface area contributed by atoms with Gasteiger partial charge in [-0.1, -0.05) is 369 Å². The van der Waals surface area contributed by atoms with Crippen LogP contribution >= 0.6 is 0 Å². The number of benzene rings is 19. The first kappa shape index (κ1) is 64.0. The van der Waals surface area contributed by atoms with Crippen molar-refractivity contribution in [3.63, 3.8) is 0 Å². The van der Waals surface area contributed by atoms with Gasteiger partial charge in [0.05, 0.1) is 0 Å². The second-order valence-corrected chi connectivity index (χ2v) is 32.4. The van der Waals surface area contributed by atoms with E-state index in [2.05, 4.69) is 393 Å². The fraction of sp³-hybridized carbons (Fsp3) is 0.0826. The number of hydrogen-bond donors (Lipinski definition) is 0. The summed E-state index contributed by atoms with van der Waals surface area (Å²) in [5.74, 6) is 0. The van der Waals surface area contributed by atoms with Crippen LogP contribution in [0.25, 0.3) is 197 Å². The van der Waals surface area contributed by atoms with Gasteiger partial charge in [0.2, 0.25) is 0 Å². The van der Waals surface area contributed by atoms with Crippen molar-refractivity contribution in [1.29, 1.82) is 0 Å². The van der Waals surface area contributed by atoms with Crippen LogP contribution in [0.15, 0.2) is 356 Å². The van der Waals surface area contributed by atoms with E-state index in [0.717, 1.165) is 16.6 Å². The van der Waals surface area contributed by atoms with Gasteiger partial charge >= 0.3 is 0 Å². The minimum Gasteiger partial charge on any atom is -0.456 e. The molecule has 23 rings (SSSR count). The molecule has 0 spiro atoms. The Morgan fingerprint density at radius 1 is 0.182 bits per heavy atom. The Balaban J connectivity index is 0.000000136. The van der Waals surface area contributed by atoms with Crippen LogP contribution < -0.4 is 0 Å². The summed E-state index contributed by atoms with van der Waals surface area (Å²) >= 11 is 0. The monoisotopic (exact) mass is 1400 g/mol. The van der Waals surface area contributed by atoms with Crippen LogP contribution in [0.4, 0.5) is 0 Å². The molecule has 0 radical (unpaired) electrons. The SMILES string of the molecule is CC1(C)c2ccc3ccccc3c2-c2cccc(-c3ccc(-c4c5ccccc5c(-c5ccc6oc7ccc8ccccc8c7c6c5)c5ccccc45)cc3)c21.CC1(C)c2ccccc2-c2ccc(-c3c4ccccc4c(-c4ccc(-c5cccc6c5C(C)(C)c5ccc7ccccc7c5-6)cc4)c4ccccc34)cc21. The van der Waals surface area contributed by atoms with E-state index in [1.54, 1.807) is 0 Å². The lowest BCUT2D eigenvalue weighted by molar-refractivity contribution is 0.660. The summed E-state index contributed by atoms with van der Waals surface area (Å²) in [6, 6.07) is 131. The maximum atomic E-state index is 6.41. The molecule has 1 aromatic heterocycles. The highest BCUT2D eigenvalue weighted by Crippen LogP contribution is 2.58. The molecule has 3 aliphatic carbocycles. The average molecular weight is 1400 g/mol. The lowest BCUT2D eigenvalue weighted by atomic mass is 9.78. The van der Waals surface area contributed by atoms with E-state index in [4.69, 9.17) is 4.42 Å². The number of furan rings is 1. The minimum absolute atomic E-state index is 0.0557. The van der Waals surface area contributed by atoms with Crippen molar-refractivity contribution >= 4 is 97.3 Å². The number of fused-ring (bicyclic) bond motifs is 22. The van der Waals surface area contributed by atoms with Gasteiger partial charge in [0.15, 0.2) is 0 Å². The molecule has 0 bridgehead atoms. The van der Waals surface area contributed by atoms with Crippen molar-refractivity contribution in [2.45, 2.75) is 57.8 Å². The second-order valence-electron chi connectivity index (χ2n) is 32.4. The Morgan fingerprint density at radius 2 is 0.509 bits per heavy atom.